The third-order valence-electron chi connectivity index (χ3n) is 4.84. The molecule has 0 unspecified atom stereocenters. The molecule has 2 aromatic carbocycles. The molecular formula is C23H25BrN2O4S. The van der Waals surface area contributed by atoms with Gasteiger partial charge in [0.05, 0.1) is 27.0 Å². The first-order valence-corrected chi connectivity index (χ1v) is 11.5. The monoisotopic (exact) mass is 504 g/mol. The van der Waals surface area contributed by atoms with Gasteiger partial charge in [-0.1, -0.05) is 35.0 Å². The largest absolute Gasteiger partial charge is 0.493 e. The number of nitrogens with zero attached hydrogens (tertiary/aromatic N) is 2. The molecule has 6 nitrogen and oxygen atoms in total. The molecule has 0 aliphatic rings. The second-order valence-electron chi connectivity index (χ2n) is 6.59. The van der Waals surface area contributed by atoms with Crippen molar-refractivity contribution in [1.29, 1.82) is 0 Å². The van der Waals surface area contributed by atoms with Crippen molar-refractivity contribution in [1.82, 2.24) is 4.57 Å². The number of carbonyl (C=O) groups excluding carboxylic acids is 1. The standard InChI is InChI=1S/C23H25BrN2O4S/c1-6-19-20(14-8-10-16(24)11-9-14)26(7-2)23(31-19)25-22(27)15-12-17(28-3)21(30-5)18(13-15)29-4/h8-13H,6-7H2,1-5H3. The summed E-state index contributed by atoms with van der Waals surface area (Å²) >= 11 is 5.03. The zero-order valence-electron chi connectivity index (χ0n) is 18.2. The van der Waals surface area contributed by atoms with Crippen LogP contribution >= 0.6 is 27.3 Å². The summed E-state index contributed by atoms with van der Waals surface area (Å²) in [4.78, 5) is 19.4. The molecule has 1 heterocycles. The topological polar surface area (TPSA) is 62.1 Å². The number of methoxy groups -OCH3 is 3. The lowest BCUT2D eigenvalue weighted by atomic mass is 10.1. The molecule has 31 heavy (non-hydrogen) atoms. The Kier molecular flexibility index (Phi) is 7.56. The Labute approximate surface area is 194 Å². The molecule has 0 N–H and O–H groups in total. The van der Waals surface area contributed by atoms with Crippen LogP contribution in [0.4, 0.5) is 0 Å². The normalized spacial score (nSPS) is 11.5. The Bertz CT molecular complexity index is 1120. The van der Waals surface area contributed by atoms with Gasteiger partial charge >= 0.3 is 0 Å². The highest BCUT2D eigenvalue weighted by Gasteiger charge is 2.18. The van der Waals surface area contributed by atoms with E-state index < -0.39 is 0 Å². The third-order valence-corrected chi connectivity index (χ3v) is 6.59. The van der Waals surface area contributed by atoms with E-state index in [0.717, 1.165) is 22.2 Å². The van der Waals surface area contributed by atoms with Gasteiger partial charge in [-0.2, -0.15) is 4.99 Å². The lowest BCUT2D eigenvalue weighted by molar-refractivity contribution is 0.0997. The third kappa shape index (κ3) is 4.70. The number of amides is 1. The molecule has 0 aliphatic carbocycles. The first-order valence-electron chi connectivity index (χ1n) is 9.84. The number of benzene rings is 2. The summed E-state index contributed by atoms with van der Waals surface area (Å²) in [6.07, 6.45) is 0.851. The van der Waals surface area contributed by atoms with Gasteiger partial charge in [-0.3, -0.25) is 4.79 Å². The molecule has 0 aliphatic heterocycles. The number of ether oxygens (including phenoxy) is 3. The molecule has 1 aromatic heterocycles. The van der Waals surface area contributed by atoms with Crippen molar-refractivity contribution in [2.75, 3.05) is 21.3 Å². The van der Waals surface area contributed by atoms with E-state index in [1.54, 1.807) is 12.1 Å². The fourth-order valence-electron chi connectivity index (χ4n) is 3.36. The van der Waals surface area contributed by atoms with Crippen LogP contribution in [-0.2, 0) is 13.0 Å². The van der Waals surface area contributed by atoms with Gasteiger partial charge in [0, 0.05) is 21.5 Å². The highest BCUT2D eigenvalue weighted by Crippen LogP contribution is 2.38. The average Bonchev–Trinajstić information content (AvgIpc) is 3.15. The minimum absolute atomic E-state index is 0.368. The van der Waals surface area contributed by atoms with Crippen molar-refractivity contribution in [3.8, 4) is 28.5 Å². The maximum atomic E-state index is 13.1. The molecule has 1 amide bonds. The van der Waals surface area contributed by atoms with Crippen LogP contribution in [0.2, 0.25) is 0 Å². The molecule has 0 saturated heterocycles. The number of hydrogen-bond acceptors (Lipinski definition) is 5. The number of thiazole rings is 1. The first-order chi connectivity index (χ1) is 15.0. The molecular weight excluding hydrogens is 480 g/mol. The van der Waals surface area contributed by atoms with Crippen molar-refractivity contribution >= 4 is 33.2 Å². The molecule has 8 heteroatoms. The van der Waals surface area contributed by atoms with E-state index in [9.17, 15) is 4.79 Å². The molecule has 3 aromatic rings. The zero-order valence-corrected chi connectivity index (χ0v) is 20.6. The molecule has 0 bridgehead atoms. The first kappa shape index (κ1) is 23.1. The second kappa shape index (κ2) is 10.2. The highest BCUT2D eigenvalue weighted by atomic mass is 79.9. The quantitative estimate of drug-likeness (QED) is 0.436. The number of hydrogen-bond donors (Lipinski definition) is 0. The minimum Gasteiger partial charge on any atom is -0.493 e. The minimum atomic E-state index is -0.368. The van der Waals surface area contributed by atoms with Crippen molar-refractivity contribution in [3.05, 3.63) is 56.1 Å². The number of aromatic nitrogens is 1. The summed E-state index contributed by atoms with van der Waals surface area (Å²) in [6, 6.07) is 11.4. The summed E-state index contributed by atoms with van der Waals surface area (Å²) in [7, 11) is 4.56. The SMILES string of the molecule is CCc1sc(=NC(=O)c2cc(OC)c(OC)c(OC)c2)n(CC)c1-c1ccc(Br)cc1. The van der Waals surface area contributed by atoms with Crippen LogP contribution in [0.15, 0.2) is 45.9 Å². The second-order valence-corrected chi connectivity index (χ2v) is 8.57. The van der Waals surface area contributed by atoms with E-state index in [0.29, 0.717) is 34.2 Å². The van der Waals surface area contributed by atoms with Crippen molar-refractivity contribution in [2.24, 2.45) is 4.99 Å². The highest BCUT2D eigenvalue weighted by molar-refractivity contribution is 9.10. The van der Waals surface area contributed by atoms with Crippen molar-refractivity contribution < 1.29 is 19.0 Å². The summed E-state index contributed by atoms with van der Waals surface area (Å²) < 4.78 is 19.2. The predicted molar refractivity (Wildman–Crippen MR) is 126 cm³/mol. The molecule has 0 spiro atoms. The molecule has 164 valence electrons. The lowest BCUT2D eigenvalue weighted by Crippen LogP contribution is -2.17. The Hall–Kier alpha value is -2.58. The van der Waals surface area contributed by atoms with Gasteiger partial charge in [0.15, 0.2) is 16.3 Å². The van der Waals surface area contributed by atoms with Crippen LogP contribution < -0.4 is 19.0 Å². The van der Waals surface area contributed by atoms with Crippen LogP contribution in [0.25, 0.3) is 11.3 Å². The number of rotatable bonds is 7. The van der Waals surface area contributed by atoms with Crippen LogP contribution in [0.3, 0.4) is 0 Å². The van der Waals surface area contributed by atoms with E-state index in [1.807, 2.05) is 12.1 Å². The molecule has 0 saturated carbocycles. The zero-order chi connectivity index (χ0) is 22.5. The van der Waals surface area contributed by atoms with Gasteiger partial charge < -0.3 is 18.8 Å². The van der Waals surface area contributed by atoms with Crippen molar-refractivity contribution in [2.45, 2.75) is 26.8 Å². The van der Waals surface area contributed by atoms with Gasteiger partial charge in [0.1, 0.15) is 0 Å². The average molecular weight is 505 g/mol. The van der Waals surface area contributed by atoms with Crippen LogP contribution in [-0.4, -0.2) is 31.8 Å². The van der Waals surface area contributed by atoms with E-state index in [-0.39, 0.29) is 5.91 Å². The van der Waals surface area contributed by atoms with Gasteiger partial charge in [0.2, 0.25) is 5.75 Å². The fourth-order valence-corrected chi connectivity index (χ4v) is 4.77. The van der Waals surface area contributed by atoms with Crippen molar-refractivity contribution in [3.63, 3.8) is 0 Å². The fraction of sp³-hybridized carbons (Fsp3) is 0.304. The van der Waals surface area contributed by atoms with Crippen LogP contribution in [0.5, 0.6) is 17.2 Å². The van der Waals surface area contributed by atoms with E-state index in [4.69, 9.17) is 14.2 Å². The van der Waals surface area contributed by atoms with E-state index in [1.165, 1.54) is 37.5 Å². The summed E-state index contributed by atoms with van der Waals surface area (Å²) in [5.41, 5.74) is 2.56. The van der Waals surface area contributed by atoms with Gasteiger partial charge in [-0.25, -0.2) is 0 Å². The molecule has 0 radical (unpaired) electrons. The van der Waals surface area contributed by atoms with E-state index >= 15 is 0 Å². The van der Waals surface area contributed by atoms with Gasteiger partial charge in [0.25, 0.3) is 5.91 Å². The number of carbonyl (C=O) groups is 1. The van der Waals surface area contributed by atoms with Gasteiger partial charge in [-0.05, 0) is 43.2 Å². The van der Waals surface area contributed by atoms with Gasteiger partial charge in [-0.15, -0.1) is 11.3 Å². The Balaban J connectivity index is 2.14. The maximum absolute atomic E-state index is 13.1. The van der Waals surface area contributed by atoms with Crippen LogP contribution in [0, 0.1) is 0 Å². The summed E-state index contributed by atoms with van der Waals surface area (Å²) in [5, 5.41) is 0. The smallest absolute Gasteiger partial charge is 0.279 e. The predicted octanol–water partition coefficient (Wildman–Crippen LogP) is 5.33. The Morgan fingerprint density at radius 1 is 1.03 bits per heavy atom. The summed E-state index contributed by atoms with van der Waals surface area (Å²) in [5.74, 6) is 0.902. The van der Waals surface area contributed by atoms with Crippen LogP contribution in [0.1, 0.15) is 29.1 Å². The number of halogens is 1. The summed E-state index contributed by atoms with van der Waals surface area (Å²) in [6.45, 7) is 4.86. The Morgan fingerprint density at radius 2 is 1.65 bits per heavy atom. The molecule has 0 fully saturated rings. The lowest BCUT2D eigenvalue weighted by Gasteiger charge is -2.12. The maximum Gasteiger partial charge on any atom is 0.279 e. The number of aryl methyl sites for hydroxylation is 1. The molecule has 0 atom stereocenters. The Morgan fingerprint density at radius 3 is 2.13 bits per heavy atom. The molecule has 3 rings (SSSR count). The van der Waals surface area contributed by atoms with E-state index in [2.05, 4.69) is 51.5 Å².